The van der Waals surface area contributed by atoms with Crippen LogP contribution in [0.25, 0.3) is 0 Å². The minimum absolute atomic E-state index is 0.00576. The molecule has 5 nitrogen and oxygen atoms in total. The Kier molecular flexibility index (Phi) is 6.42. The maximum Gasteiger partial charge on any atom is 0.261 e. The van der Waals surface area contributed by atoms with Crippen LogP contribution in [-0.4, -0.2) is 20.9 Å². The summed E-state index contributed by atoms with van der Waals surface area (Å²) in [6, 6.07) is 11.2. The molecule has 0 saturated carbocycles. The van der Waals surface area contributed by atoms with Gasteiger partial charge in [0.2, 0.25) is 0 Å². The maximum atomic E-state index is 12.6. The molecular weight excluding hydrogens is 472 g/mol. The van der Waals surface area contributed by atoms with Gasteiger partial charge in [0.25, 0.3) is 15.9 Å². The summed E-state index contributed by atoms with van der Waals surface area (Å²) in [5, 5.41) is 2.64. The Morgan fingerprint density at radius 1 is 1.20 bits per heavy atom. The Morgan fingerprint density at radius 3 is 2.60 bits per heavy atom. The van der Waals surface area contributed by atoms with Crippen LogP contribution in [0.3, 0.4) is 0 Å². The van der Waals surface area contributed by atoms with E-state index in [1.807, 2.05) is 13.0 Å². The lowest BCUT2D eigenvalue weighted by Crippen LogP contribution is -2.24. The third-order valence-corrected chi connectivity index (χ3v) is 5.55. The first-order valence-corrected chi connectivity index (χ1v) is 10.3. The van der Waals surface area contributed by atoms with Crippen LogP contribution >= 0.6 is 31.9 Å². The molecular formula is C17H16Br2N2O3S. The van der Waals surface area contributed by atoms with Crippen molar-refractivity contribution in [3.8, 4) is 0 Å². The lowest BCUT2D eigenvalue weighted by molar-refractivity contribution is 0.0957. The zero-order valence-electron chi connectivity index (χ0n) is 13.3. The summed E-state index contributed by atoms with van der Waals surface area (Å²) in [6.45, 7) is 5.75. The van der Waals surface area contributed by atoms with Crippen molar-refractivity contribution in [1.29, 1.82) is 0 Å². The number of amides is 1. The normalized spacial score (nSPS) is 11.0. The highest BCUT2D eigenvalue weighted by Crippen LogP contribution is 2.26. The van der Waals surface area contributed by atoms with Gasteiger partial charge >= 0.3 is 0 Å². The van der Waals surface area contributed by atoms with Crippen LogP contribution < -0.4 is 10.0 Å². The molecule has 0 radical (unpaired) electrons. The number of halogens is 2. The molecule has 0 aliphatic heterocycles. The lowest BCUT2D eigenvalue weighted by atomic mass is 10.2. The molecule has 132 valence electrons. The summed E-state index contributed by atoms with van der Waals surface area (Å²) < 4.78 is 29.0. The second kappa shape index (κ2) is 8.16. The van der Waals surface area contributed by atoms with Gasteiger partial charge in [-0.25, -0.2) is 8.42 Å². The third kappa shape index (κ3) is 5.42. The zero-order chi connectivity index (χ0) is 18.6. The molecule has 0 saturated heterocycles. The summed E-state index contributed by atoms with van der Waals surface area (Å²) >= 11 is 6.48. The van der Waals surface area contributed by atoms with E-state index in [0.29, 0.717) is 14.6 Å². The molecule has 2 N–H and O–H groups in total. The number of carbonyl (C=O) groups is 1. The molecule has 0 unspecified atom stereocenters. The number of sulfonamides is 1. The molecule has 1 amide bonds. The van der Waals surface area contributed by atoms with Gasteiger partial charge in [-0.3, -0.25) is 9.52 Å². The number of anilines is 1. The van der Waals surface area contributed by atoms with E-state index in [4.69, 9.17) is 0 Å². The topological polar surface area (TPSA) is 75.3 Å². The maximum absolute atomic E-state index is 12.6. The Balaban J connectivity index is 2.28. The Labute approximate surface area is 163 Å². The van der Waals surface area contributed by atoms with Crippen LogP contribution in [-0.2, 0) is 10.0 Å². The predicted octanol–water partition coefficient (Wildman–Crippen LogP) is 4.20. The number of benzene rings is 2. The van der Waals surface area contributed by atoms with Gasteiger partial charge < -0.3 is 5.32 Å². The van der Waals surface area contributed by atoms with Crippen LogP contribution in [0, 0.1) is 6.92 Å². The lowest BCUT2D eigenvalue weighted by Gasteiger charge is -2.11. The first-order chi connectivity index (χ1) is 11.7. The first-order valence-electron chi connectivity index (χ1n) is 7.19. The molecule has 0 spiro atoms. The zero-order valence-corrected chi connectivity index (χ0v) is 17.3. The molecule has 0 aliphatic rings. The van der Waals surface area contributed by atoms with Crippen LogP contribution in [0.2, 0.25) is 0 Å². The van der Waals surface area contributed by atoms with Gasteiger partial charge in [0.05, 0.1) is 10.6 Å². The molecule has 2 rings (SSSR count). The van der Waals surface area contributed by atoms with Gasteiger partial charge in [0.15, 0.2) is 0 Å². The van der Waals surface area contributed by atoms with Crippen LogP contribution in [0.5, 0.6) is 0 Å². The van der Waals surface area contributed by atoms with E-state index in [1.165, 1.54) is 18.2 Å². The molecule has 25 heavy (non-hydrogen) atoms. The van der Waals surface area contributed by atoms with E-state index >= 15 is 0 Å². The highest BCUT2D eigenvalue weighted by molar-refractivity contribution is 9.11. The average Bonchev–Trinajstić information content (AvgIpc) is 2.56. The largest absolute Gasteiger partial charge is 0.347 e. The second-order valence-corrected chi connectivity index (χ2v) is 8.97. The van der Waals surface area contributed by atoms with Gasteiger partial charge in [-0.2, -0.15) is 0 Å². The quantitative estimate of drug-likeness (QED) is 0.641. The molecule has 0 atom stereocenters. The fraction of sp³-hybridized carbons (Fsp3) is 0.118. The molecule has 2 aromatic rings. The molecule has 0 bridgehead atoms. The smallest absolute Gasteiger partial charge is 0.261 e. The van der Waals surface area contributed by atoms with E-state index in [9.17, 15) is 13.2 Å². The number of hydrogen-bond acceptors (Lipinski definition) is 3. The summed E-state index contributed by atoms with van der Waals surface area (Å²) in [5.41, 5.74) is 1.61. The van der Waals surface area contributed by atoms with E-state index in [-0.39, 0.29) is 22.9 Å². The number of hydrogen-bond donors (Lipinski definition) is 2. The predicted molar refractivity (Wildman–Crippen MR) is 107 cm³/mol. The van der Waals surface area contributed by atoms with Crippen LogP contribution in [0.4, 0.5) is 5.69 Å². The monoisotopic (exact) mass is 486 g/mol. The van der Waals surface area contributed by atoms with E-state index in [1.54, 1.807) is 18.2 Å². The standard InChI is InChI=1S/C17H16Br2N2O3S/c1-11-6-7-15(19)16(8-11)21-25(23,24)14-5-3-4-13(9-14)17(22)20-10-12(2)18/h3-9,21H,2,10H2,1H3,(H,20,22). The molecule has 8 heteroatoms. The molecule has 0 heterocycles. The fourth-order valence-corrected chi connectivity index (χ4v) is 3.74. The van der Waals surface area contributed by atoms with Crippen molar-refractivity contribution >= 4 is 53.5 Å². The van der Waals surface area contributed by atoms with Gasteiger partial charge in [-0.05, 0) is 58.7 Å². The van der Waals surface area contributed by atoms with Gasteiger partial charge in [0, 0.05) is 21.1 Å². The molecule has 0 aromatic heterocycles. The number of rotatable bonds is 6. The molecule has 0 fully saturated rings. The summed E-state index contributed by atoms with van der Waals surface area (Å²) in [5.74, 6) is -0.380. The number of nitrogens with one attached hydrogen (secondary N) is 2. The summed E-state index contributed by atoms with van der Waals surface area (Å²) in [7, 11) is -3.83. The van der Waals surface area contributed by atoms with Gasteiger partial charge in [-0.1, -0.05) is 34.6 Å². The highest BCUT2D eigenvalue weighted by Gasteiger charge is 2.17. The summed E-state index contributed by atoms with van der Waals surface area (Å²) in [6.07, 6.45) is 0. The van der Waals surface area contributed by atoms with E-state index in [2.05, 4.69) is 48.5 Å². The number of aryl methyl sites for hydroxylation is 1. The first kappa shape index (κ1) is 19.7. The van der Waals surface area contributed by atoms with E-state index in [0.717, 1.165) is 5.56 Å². The van der Waals surface area contributed by atoms with Gasteiger partial charge in [-0.15, -0.1) is 0 Å². The minimum Gasteiger partial charge on any atom is -0.347 e. The third-order valence-electron chi connectivity index (χ3n) is 3.21. The van der Waals surface area contributed by atoms with Crippen LogP contribution in [0.1, 0.15) is 15.9 Å². The van der Waals surface area contributed by atoms with Crippen molar-refractivity contribution in [2.45, 2.75) is 11.8 Å². The number of carbonyl (C=O) groups excluding carboxylic acids is 1. The second-order valence-electron chi connectivity index (χ2n) is 5.32. The minimum atomic E-state index is -3.83. The van der Waals surface area contributed by atoms with Crippen molar-refractivity contribution in [1.82, 2.24) is 5.32 Å². The fourth-order valence-electron chi connectivity index (χ4n) is 2.00. The van der Waals surface area contributed by atoms with Crippen molar-refractivity contribution in [3.05, 3.63) is 69.1 Å². The Hall–Kier alpha value is -1.64. The Bertz CT molecular complexity index is 927. The van der Waals surface area contributed by atoms with Crippen molar-refractivity contribution in [2.75, 3.05) is 11.3 Å². The molecule has 2 aromatic carbocycles. The van der Waals surface area contributed by atoms with Gasteiger partial charge in [0.1, 0.15) is 0 Å². The van der Waals surface area contributed by atoms with Crippen molar-refractivity contribution < 1.29 is 13.2 Å². The summed E-state index contributed by atoms with van der Waals surface area (Å²) in [4.78, 5) is 12.1. The average molecular weight is 488 g/mol. The highest BCUT2D eigenvalue weighted by atomic mass is 79.9. The SMILES string of the molecule is C=C(Br)CNC(=O)c1cccc(S(=O)(=O)Nc2cc(C)ccc2Br)c1. The molecule has 0 aliphatic carbocycles. The van der Waals surface area contributed by atoms with E-state index < -0.39 is 10.0 Å². The van der Waals surface area contributed by atoms with Crippen molar-refractivity contribution in [2.24, 2.45) is 0 Å². The van der Waals surface area contributed by atoms with Crippen molar-refractivity contribution in [3.63, 3.8) is 0 Å². The van der Waals surface area contributed by atoms with Crippen LogP contribution in [0.15, 0.2) is 62.9 Å². The Morgan fingerprint density at radius 2 is 1.92 bits per heavy atom.